The predicted octanol–water partition coefficient (Wildman–Crippen LogP) is 3.06. The van der Waals surface area contributed by atoms with Gasteiger partial charge in [-0.2, -0.15) is 0 Å². The van der Waals surface area contributed by atoms with Crippen LogP contribution < -0.4 is 24.3 Å². The number of hydrogen-bond donors (Lipinski definition) is 1. The van der Waals surface area contributed by atoms with Gasteiger partial charge in [-0.25, -0.2) is 0 Å². The largest absolute Gasteiger partial charge is 0.497 e. The molecule has 0 bridgehead atoms. The van der Waals surface area contributed by atoms with Crippen molar-refractivity contribution in [1.82, 2.24) is 5.32 Å². The lowest BCUT2D eigenvalue weighted by atomic mass is 10.2. The van der Waals surface area contributed by atoms with Gasteiger partial charge in [-0.15, -0.1) is 0 Å². The van der Waals surface area contributed by atoms with Crippen molar-refractivity contribution in [2.45, 2.75) is 19.4 Å². The van der Waals surface area contributed by atoms with Crippen LogP contribution in [-0.2, 0) is 4.79 Å². The van der Waals surface area contributed by atoms with E-state index in [1.54, 1.807) is 32.4 Å². The summed E-state index contributed by atoms with van der Waals surface area (Å²) in [5, 5.41) is 2.83. The summed E-state index contributed by atoms with van der Waals surface area (Å²) in [6.45, 7) is 2.64. The summed E-state index contributed by atoms with van der Waals surface area (Å²) in [7, 11) is 3.19. The van der Waals surface area contributed by atoms with Crippen LogP contribution in [0.4, 0.5) is 0 Å². The summed E-state index contributed by atoms with van der Waals surface area (Å²) in [4.78, 5) is 12.3. The molecule has 0 radical (unpaired) electrons. The zero-order chi connectivity index (χ0) is 18.8. The van der Waals surface area contributed by atoms with Crippen molar-refractivity contribution in [3.63, 3.8) is 0 Å². The first-order chi connectivity index (χ1) is 12.7. The number of carbonyl (C=O) groups excluding carboxylic acids is 1. The van der Waals surface area contributed by atoms with Gasteiger partial charge in [0.1, 0.15) is 29.6 Å². The molecule has 1 amide bonds. The lowest BCUT2D eigenvalue weighted by Gasteiger charge is -2.18. The average molecular weight is 359 g/mol. The Kier molecular flexibility index (Phi) is 7.61. The normalized spacial score (nSPS) is 11.3. The summed E-state index contributed by atoms with van der Waals surface area (Å²) in [5.74, 6) is 2.52. The lowest BCUT2D eigenvalue weighted by molar-refractivity contribution is -0.128. The maximum Gasteiger partial charge on any atom is 0.261 e. The number of benzene rings is 2. The third-order valence-electron chi connectivity index (χ3n) is 3.69. The van der Waals surface area contributed by atoms with Gasteiger partial charge in [0.15, 0.2) is 6.10 Å². The van der Waals surface area contributed by atoms with Gasteiger partial charge in [-0.05, 0) is 30.7 Å². The molecule has 0 heterocycles. The molecule has 1 N–H and O–H groups in total. The van der Waals surface area contributed by atoms with Crippen LogP contribution in [0.3, 0.4) is 0 Å². The van der Waals surface area contributed by atoms with Crippen LogP contribution in [-0.4, -0.2) is 39.4 Å². The van der Waals surface area contributed by atoms with E-state index in [9.17, 15) is 4.79 Å². The Labute approximate surface area is 154 Å². The van der Waals surface area contributed by atoms with Crippen LogP contribution in [0.1, 0.15) is 13.3 Å². The van der Waals surface area contributed by atoms with Gasteiger partial charge in [-0.3, -0.25) is 4.79 Å². The average Bonchev–Trinajstić information content (AvgIpc) is 2.69. The lowest BCUT2D eigenvalue weighted by Crippen LogP contribution is -2.39. The monoisotopic (exact) mass is 359 g/mol. The molecule has 2 aromatic rings. The topological polar surface area (TPSA) is 66.0 Å². The minimum Gasteiger partial charge on any atom is -0.497 e. The van der Waals surface area contributed by atoms with Crippen molar-refractivity contribution in [3.05, 3.63) is 48.5 Å². The maximum atomic E-state index is 12.3. The van der Waals surface area contributed by atoms with Crippen molar-refractivity contribution < 1.29 is 23.7 Å². The van der Waals surface area contributed by atoms with Gasteiger partial charge in [0.2, 0.25) is 0 Å². The van der Waals surface area contributed by atoms with E-state index >= 15 is 0 Å². The molecule has 0 fully saturated rings. The van der Waals surface area contributed by atoms with Crippen LogP contribution >= 0.6 is 0 Å². The van der Waals surface area contributed by atoms with Crippen LogP contribution in [0, 0.1) is 0 Å². The second-order valence-electron chi connectivity index (χ2n) is 5.51. The number of ether oxygens (including phenoxy) is 4. The number of methoxy groups -OCH3 is 2. The quantitative estimate of drug-likeness (QED) is 0.661. The highest BCUT2D eigenvalue weighted by Gasteiger charge is 2.18. The SMILES string of the molecule is CC[C@@H](Oc1cccc(OC)c1)C(=O)NCCOc1cccc(OC)c1. The molecule has 0 aliphatic heterocycles. The summed E-state index contributed by atoms with van der Waals surface area (Å²) in [5.41, 5.74) is 0. The number of amides is 1. The molecule has 0 spiro atoms. The Hall–Kier alpha value is -2.89. The highest BCUT2D eigenvalue weighted by atomic mass is 16.5. The number of hydrogen-bond acceptors (Lipinski definition) is 5. The second-order valence-corrected chi connectivity index (χ2v) is 5.51. The fourth-order valence-corrected chi connectivity index (χ4v) is 2.31. The fraction of sp³-hybridized carbons (Fsp3) is 0.350. The molecule has 0 aliphatic rings. The fourth-order valence-electron chi connectivity index (χ4n) is 2.31. The molecule has 26 heavy (non-hydrogen) atoms. The first kappa shape index (κ1) is 19.4. The third-order valence-corrected chi connectivity index (χ3v) is 3.69. The van der Waals surface area contributed by atoms with E-state index in [1.165, 1.54) is 0 Å². The number of nitrogens with one attached hydrogen (secondary N) is 1. The predicted molar refractivity (Wildman–Crippen MR) is 99.2 cm³/mol. The van der Waals surface area contributed by atoms with Crippen molar-refractivity contribution in [2.75, 3.05) is 27.4 Å². The molecule has 0 saturated carbocycles. The van der Waals surface area contributed by atoms with E-state index in [-0.39, 0.29) is 5.91 Å². The zero-order valence-corrected chi connectivity index (χ0v) is 15.4. The standard InChI is InChI=1S/C20H25NO5/c1-4-19(26-18-10-6-8-16(14-18)24-3)20(22)21-11-12-25-17-9-5-7-15(13-17)23-2/h5-10,13-14,19H,4,11-12H2,1-3H3,(H,21,22)/t19-/m1/s1. The third kappa shape index (κ3) is 5.88. The molecular weight excluding hydrogens is 334 g/mol. The highest BCUT2D eigenvalue weighted by Crippen LogP contribution is 2.21. The Balaban J connectivity index is 1.79. The van der Waals surface area contributed by atoms with Crippen LogP contribution in [0.25, 0.3) is 0 Å². The summed E-state index contributed by atoms with van der Waals surface area (Å²) in [6.07, 6.45) is -0.0151. The van der Waals surface area contributed by atoms with Gasteiger partial charge in [0, 0.05) is 12.1 Å². The van der Waals surface area contributed by atoms with Crippen molar-refractivity contribution >= 4 is 5.91 Å². The minimum absolute atomic E-state index is 0.176. The van der Waals surface area contributed by atoms with Crippen molar-refractivity contribution in [2.24, 2.45) is 0 Å². The molecule has 0 saturated heterocycles. The van der Waals surface area contributed by atoms with E-state index in [0.29, 0.717) is 36.8 Å². The van der Waals surface area contributed by atoms with Crippen LogP contribution in [0.2, 0.25) is 0 Å². The first-order valence-corrected chi connectivity index (χ1v) is 8.51. The molecule has 6 heteroatoms. The van der Waals surface area contributed by atoms with Gasteiger partial charge in [0.25, 0.3) is 5.91 Å². The van der Waals surface area contributed by atoms with Crippen molar-refractivity contribution in [3.8, 4) is 23.0 Å². The van der Waals surface area contributed by atoms with Gasteiger partial charge >= 0.3 is 0 Å². The number of rotatable bonds is 10. The molecule has 0 unspecified atom stereocenters. The zero-order valence-electron chi connectivity index (χ0n) is 15.4. The van der Waals surface area contributed by atoms with E-state index < -0.39 is 6.10 Å². The minimum atomic E-state index is -0.570. The Bertz CT molecular complexity index is 704. The van der Waals surface area contributed by atoms with Gasteiger partial charge in [0.05, 0.1) is 20.8 Å². The van der Waals surface area contributed by atoms with E-state index in [4.69, 9.17) is 18.9 Å². The van der Waals surface area contributed by atoms with Gasteiger partial charge in [-0.1, -0.05) is 19.1 Å². The Morgan fingerprint density at radius 3 is 2.15 bits per heavy atom. The van der Waals surface area contributed by atoms with Crippen LogP contribution in [0.5, 0.6) is 23.0 Å². The summed E-state index contributed by atoms with van der Waals surface area (Å²) >= 11 is 0. The van der Waals surface area contributed by atoms with E-state index in [2.05, 4.69) is 5.32 Å². The van der Waals surface area contributed by atoms with Crippen molar-refractivity contribution in [1.29, 1.82) is 0 Å². The maximum absolute atomic E-state index is 12.3. The summed E-state index contributed by atoms with van der Waals surface area (Å²) < 4.78 is 21.7. The Morgan fingerprint density at radius 2 is 1.54 bits per heavy atom. The Morgan fingerprint density at radius 1 is 0.962 bits per heavy atom. The molecule has 6 nitrogen and oxygen atoms in total. The second kappa shape index (κ2) is 10.2. The molecule has 0 aliphatic carbocycles. The highest BCUT2D eigenvalue weighted by molar-refractivity contribution is 5.81. The first-order valence-electron chi connectivity index (χ1n) is 8.51. The molecule has 2 aromatic carbocycles. The van der Waals surface area contributed by atoms with E-state index in [0.717, 1.165) is 5.75 Å². The molecule has 0 aromatic heterocycles. The van der Waals surface area contributed by atoms with Gasteiger partial charge < -0.3 is 24.3 Å². The molecular formula is C20H25NO5. The number of carbonyl (C=O) groups is 1. The smallest absolute Gasteiger partial charge is 0.261 e. The van der Waals surface area contributed by atoms with Crippen LogP contribution in [0.15, 0.2) is 48.5 Å². The molecule has 2 rings (SSSR count). The summed E-state index contributed by atoms with van der Waals surface area (Å²) in [6, 6.07) is 14.5. The molecule has 1 atom stereocenters. The van der Waals surface area contributed by atoms with E-state index in [1.807, 2.05) is 37.3 Å². The molecule has 140 valence electrons.